The molecule has 140 valence electrons. The number of amides is 2. The molecular formula is C19H20N4O3S. The highest BCUT2D eigenvalue weighted by Gasteiger charge is 2.45. The van der Waals surface area contributed by atoms with Crippen molar-refractivity contribution >= 4 is 34.6 Å². The van der Waals surface area contributed by atoms with Crippen LogP contribution in [0.25, 0.3) is 0 Å². The molecule has 0 bridgehead atoms. The minimum Gasteiger partial charge on any atom is -0.386 e. The lowest BCUT2D eigenvalue weighted by Gasteiger charge is -2.38. The van der Waals surface area contributed by atoms with Crippen molar-refractivity contribution in [2.75, 3.05) is 18.4 Å². The minimum absolute atomic E-state index is 0.0263. The highest BCUT2D eigenvalue weighted by Crippen LogP contribution is 2.34. The average molecular weight is 384 g/mol. The largest absolute Gasteiger partial charge is 0.386 e. The van der Waals surface area contributed by atoms with Gasteiger partial charge in [-0.05, 0) is 48.9 Å². The van der Waals surface area contributed by atoms with Crippen LogP contribution in [0.4, 0.5) is 5.69 Å². The number of hydrogen-bond acceptors (Lipinski definition) is 6. The Morgan fingerprint density at radius 1 is 1.37 bits per heavy atom. The molecule has 2 aliphatic rings. The van der Waals surface area contributed by atoms with Crippen molar-refractivity contribution in [3.05, 3.63) is 46.4 Å². The molecule has 2 aromatic rings. The Bertz CT molecular complexity index is 895. The summed E-state index contributed by atoms with van der Waals surface area (Å²) in [7, 11) is 0. The third-order valence-corrected chi connectivity index (χ3v) is 5.91. The van der Waals surface area contributed by atoms with Gasteiger partial charge in [-0.25, -0.2) is 0 Å². The maximum atomic E-state index is 12.8. The molecule has 0 radical (unpaired) electrons. The number of nitrogens with zero attached hydrogens (tertiary/aromatic N) is 3. The minimum atomic E-state index is -0.610. The van der Waals surface area contributed by atoms with Gasteiger partial charge in [0.2, 0.25) is 0 Å². The number of pyridine rings is 1. The smallest absolute Gasteiger partial charge is 0.273 e. The molecule has 8 heteroatoms. The standard InChI is InChI=1S/C19H20N4O3S/c1-13-5-9-27-16(13)18(25)23-8-3-6-19(12-23)10-15(22-26-19)17(24)21-14-4-2-7-20-11-14/h2,4-5,7,9,11H,3,6,8,10,12H2,1H3,(H,21,24). The Kier molecular flexibility index (Phi) is 4.65. The van der Waals surface area contributed by atoms with Crippen molar-refractivity contribution in [3.8, 4) is 0 Å². The van der Waals surface area contributed by atoms with Crippen LogP contribution in [0.5, 0.6) is 0 Å². The lowest BCUT2D eigenvalue weighted by molar-refractivity contribution is -0.110. The van der Waals surface area contributed by atoms with E-state index in [-0.39, 0.29) is 11.8 Å². The lowest BCUT2D eigenvalue weighted by atomic mass is 9.88. The summed E-state index contributed by atoms with van der Waals surface area (Å²) in [4.78, 5) is 37.6. The van der Waals surface area contributed by atoms with Crippen molar-refractivity contribution in [3.63, 3.8) is 0 Å². The fourth-order valence-corrected chi connectivity index (χ4v) is 4.40. The van der Waals surface area contributed by atoms with Gasteiger partial charge in [-0.2, -0.15) is 0 Å². The van der Waals surface area contributed by atoms with E-state index in [9.17, 15) is 9.59 Å². The second-order valence-corrected chi connectivity index (χ2v) is 7.86. The molecule has 1 N–H and O–H groups in total. The summed E-state index contributed by atoms with van der Waals surface area (Å²) in [6.07, 6.45) is 5.21. The molecule has 4 rings (SSSR count). The molecule has 7 nitrogen and oxygen atoms in total. The Labute approximate surface area is 161 Å². The Morgan fingerprint density at radius 3 is 3.00 bits per heavy atom. The van der Waals surface area contributed by atoms with Crippen LogP contribution in [0.2, 0.25) is 0 Å². The summed E-state index contributed by atoms with van der Waals surface area (Å²) in [6, 6.07) is 5.47. The first-order valence-corrected chi connectivity index (χ1v) is 9.74. The summed E-state index contributed by atoms with van der Waals surface area (Å²) in [5, 5.41) is 8.74. The van der Waals surface area contributed by atoms with Gasteiger partial charge >= 0.3 is 0 Å². The van der Waals surface area contributed by atoms with Crippen LogP contribution < -0.4 is 5.32 Å². The van der Waals surface area contributed by atoms with Crippen molar-refractivity contribution in [1.29, 1.82) is 0 Å². The van der Waals surface area contributed by atoms with Crippen molar-refractivity contribution in [1.82, 2.24) is 9.88 Å². The van der Waals surface area contributed by atoms with E-state index >= 15 is 0 Å². The van der Waals surface area contributed by atoms with E-state index in [1.54, 1.807) is 24.5 Å². The lowest BCUT2D eigenvalue weighted by Crippen LogP contribution is -2.50. The normalized spacial score (nSPS) is 21.7. The van der Waals surface area contributed by atoms with Gasteiger partial charge in [0.15, 0.2) is 5.60 Å². The van der Waals surface area contributed by atoms with Crippen LogP contribution >= 0.6 is 11.3 Å². The number of nitrogens with one attached hydrogen (secondary N) is 1. The number of thiophene rings is 1. The van der Waals surface area contributed by atoms with E-state index in [4.69, 9.17) is 4.84 Å². The summed E-state index contributed by atoms with van der Waals surface area (Å²) >= 11 is 1.46. The number of oxime groups is 1. The SMILES string of the molecule is Cc1ccsc1C(=O)N1CCCC2(CC(C(=O)Nc3cccnc3)=NO2)C1. The van der Waals surface area contributed by atoms with Crippen molar-refractivity contribution in [2.24, 2.45) is 5.16 Å². The molecule has 4 heterocycles. The van der Waals surface area contributed by atoms with Gasteiger partial charge in [0.25, 0.3) is 11.8 Å². The number of aromatic nitrogens is 1. The van der Waals surface area contributed by atoms with Crippen LogP contribution in [0.15, 0.2) is 41.1 Å². The number of aryl methyl sites for hydroxylation is 1. The first-order chi connectivity index (χ1) is 13.1. The first kappa shape index (κ1) is 17.7. The Morgan fingerprint density at radius 2 is 2.26 bits per heavy atom. The molecule has 2 aromatic heterocycles. The Hall–Kier alpha value is -2.74. The molecule has 0 aliphatic carbocycles. The molecule has 2 amide bonds. The number of piperidine rings is 1. The summed E-state index contributed by atoms with van der Waals surface area (Å²) < 4.78 is 0. The molecule has 1 unspecified atom stereocenters. The van der Waals surface area contributed by atoms with E-state index in [0.29, 0.717) is 30.9 Å². The number of anilines is 1. The maximum Gasteiger partial charge on any atom is 0.273 e. The number of carbonyl (C=O) groups excluding carboxylic acids is 2. The van der Waals surface area contributed by atoms with Crippen LogP contribution in [-0.4, -0.2) is 46.1 Å². The topological polar surface area (TPSA) is 83.9 Å². The van der Waals surface area contributed by atoms with Gasteiger partial charge in [-0.1, -0.05) is 5.16 Å². The van der Waals surface area contributed by atoms with Crippen LogP contribution in [0, 0.1) is 6.92 Å². The monoisotopic (exact) mass is 384 g/mol. The zero-order valence-electron chi connectivity index (χ0n) is 15.0. The van der Waals surface area contributed by atoms with Gasteiger partial charge in [-0.3, -0.25) is 14.6 Å². The van der Waals surface area contributed by atoms with Crippen LogP contribution in [0.1, 0.15) is 34.5 Å². The van der Waals surface area contributed by atoms with Crippen molar-refractivity contribution in [2.45, 2.75) is 31.8 Å². The van der Waals surface area contributed by atoms with E-state index in [1.165, 1.54) is 11.3 Å². The third kappa shape index (κ3) is 3.57. The van der Waals surface area contributed by atoms with E-state index in [2.05, 4.69) is 15.5 Å². The van der Waals surface area contributed by atoms with E-state index in [1.807, 2.05) is 23.3 Å². The highest BCUT2D eigenvalue weighted by molar-refractivity contribution is 7.12. The molecule has 2 aliphatic heterocycles. The summed E-state index contributed by atoms with van der Waals surface area (Å²) in [5.74, 6) is -0.268. The number of likely N-dealkylation sites (tertiary alicyclic amines) is 1. The molecule has 1 atom stereocenters. The molecule has 27 heavy (non-hydrogen) atoms. The zero-order chi connectivity index (χ0) is 18.9. The predicted octanol–water partition coefficient (Wildman–Crippen LogP) is 2.84. The van der Waals surface area contributed by atoms with Gasteiger partial charge in [0.05, 0.1) is 23.3 Å². The van der Waals surface area contributed by atoms with Crippen LogP contribution in [-0.2, 0) is 9.63 Å². The number of rotatable bonds is 3. The number of carbonyl (C=O) groups is 2. The van der Waals surface area contributed by atoms with Gasteiger partial charge in [0.1, 0.15) is 5.71 Å². The van der Waals surface area contributed by atoms with Crippen molar-refractivity contribution < 1.29 is 14.4 Å². The van der Waals surface area contributed by atoms with Crippen LogP contribution in [0.3, 0.4) is 0 Å². The number of hydrogen-bond donors (Lipinski definition) is 1. The van der Waals surface area contributed by atoms with Gasteiger partial charge in [0, 0.05) is 19.2 Å². The molecule has 0 saturated carbocycles. The predicted molar refractivity (Wildman–Crippen MR) is 103 cm³/mol. The maximum absolute atomic E-state index is 12.8. The highest BCUT2D eigenvalue weighted by atomic mass is 32.1. The quantitative estimate of drug-likeness (QED) is 0.882. The first-order valence-electron chi connectivity index (χ1n) is 8.86. The van der Waals surface area contributed by atoms with Gasteiger partial charge in [-0.15, -0.1) is 11.3 Å². The van der Waals surface area contributed by atoms with E-state index in [0.717, 1.165) is 23.3 Å². The van der Waals surface area contributed by atoms with E-state index < -0.39 is 5.60 Å². The summed E-state index contributed by atoms with van der Waals surface area (Å²) in [5.41, 5.74) is 1.34. The molecular weight excluding hydrogens is 364 g/mol. The third-order valence-electron chi connectivity index (χ3n) is 4.90. The van der Waals surface area contributed by atoms with Gasteiger partial charge < -0.3 is 15.1 Å². The molecule has 1 spiro atoms. The average Bonchev–Trinajstić information content (AvgIpc) is 3.29. The fraction of sp³-hybridized carbons (Fsp3) is 0.368. The second kappa shape index (κ2) is 7.11. The fourth-order valence-electron chi connectivity index (χ4n) is 3.51. The molecule has 0 aromatic carbocycles. The Balaban J connectivity index is 1.42. The second-order valence-electron chi connectivity index (χ2n) is 6.95. The molecule has 1 saturated heterocycles. The molecule has 1 fully saturated rings. The zero-order valence-corrected chi connectivity index (χ0v) is 15.8. The summed E-state index contributed by atoms with van der Waals surface area (Å²) in [6.45, 7) is 3.08.